The van der Waals surface area contributed by atoms with Gasteiger partial charge in [-0.25, -0.2) is 0 Å². The molecule has 1 aromatic rings. The first-order chi connectivity index (χ1) is 6.33. The molecule has 2 N–H and O–H groups in total. The maximum Gasteiger partial charge on any atom is 0.147 e. The van der Waals surface area contributed by atoms with Crippen molar-refractivity contribution in [2.75, 3.05) is 0 Å². The summed E-state index contributed by atoms with van der Waals surface area (Å²) in [6.45, 7) is 2.50. The molecule has 1 saturated carbocycles. The standard InChI is InChI=1S/C9H16N4/c1-7-11-12-9(6-10)13(7)8-4-2-3-5-8/h8H,2-6,10H2,1H3. The minimum Gasteiger partial charge on any atom is -0.324 e. The minimum atomic E-state index is 0.497. The van der Waals surface area contributed by atoms with Crippen LogP contribution in [0.4, 0.5) is 0 Å². The number of aromatic nitrogens is 3. The Morgan fingerprint density at radius 3 is 2.69 bits per heavy atom. The number of aryl methyl sites for hydroxylation is 1. The van der Waals surface area contributed by atoms with E-state index in [1.807, 2.05) is 6.92 Å². The number of nitrogens with two attached hydrogens (primary N) is 1. The summed E-state index contributed by atoms with van der Waals surface area (Å²) in [4.78, 5) is 0. The highest BCUT2D eigenvalue weighted by atomic mass is 15.3. The molecule has 1 heterocycles. The summed E-state index contributed by atoms with van der Waals surface area (Å²) < 4.78 is 2.22. The van der Waals surface area contributed by atoms with Crippen molar-refractivity contribution in [1.82, 2.24) is 14.8 Å². The van der Waals surface area contributed by atoms with E-state index in [9.17, 15) is 0 Å². The van der Waals surface area contributed by atoms with Crippen LogP contribution >= 0.6 is 0 Å². The van der Waals surface area contributed by atoms with Crippen LogP contribution in [0.3, 0.4) is 0 Å². The van der Waals surface area contributed by atoms with Crippen LogP contribution in [0.1, 0.15) is 43.4 Å². The third kappa shape index (κ3) is 1.46. The first-order valence-corrected chi connectivity index (χ1v) is 4.93. The van der Waals surface area contributed by atoms with Crippen LogP contribution in [0.2, 0.25) is 0 Å². The van der Waals surface area contributed by atoms with Crippen molar-refractivity contribution in [1.29, 1.82) is 0 Å². The normalized spacial score (nSPS) is 18.3. The molecule has 0 aliphatic heterocycles. The predicted octanol–water partition coefficient (Wildman–Crippen LogP) is 1.16. The first kappa shape index (κ1) is 8.69. The predicted molar refractivity (Wildman–Crippen MR) is 50.2 cm³/mol. The highest BCUT2D eigenvalue weighted by Gasteiger charge is 2.21. The molecule has 0 aromatic carbocycles. The summed E-state index contributed by atoms with van der Waals surface area (Å²) in [6, 6.07) is 0.605. The van der Waals surface area contributed by atoms with Crippen LogP contribution in [-0.4, -0.2) is 14.8 Å². The third-order valence-electron chi connectivity index (χ3n) is 2.81. The maximum absolute atomic E-state index is 5.61. The van der Waals surface area contributed by atoms with Crippen LogP contribution in [0.15, 0.2) is 0 Å². The lowest BCUT2D eigenvalue weighted by Gasteiger charge is -2.14. The van der Waals surface area contributed by atoms with Gasteiger partial charge in [0.1, 0.15) is 11.6 Å². The highest BCUT2D eigenvalue weighted by Crippen LogP contribution is 2.30. The van der Waals surface area contributed by atoms with Gasteiger partial charge in [0.2, 0.25) is 0 Å². The van der Waals surface area contributed by atoms with E-state index in [-0.39, 0.29) is 0 Å². The average Bonchev–Trinajstić information content (AvgIpc) is 2.72. The fourth-order valence-electron chi connectivity index (χ4n) is 2.19. The molecule has 0 unspecified atom stereocenters. The second-order valence-corrected chi connectivity index (χ2v) is 3.68. The van der Waals surface area contributed by atoms with E-state index < -0.39 is 0 Å². The zero-order chi connectivity index (χ0) is 9.26. The van der Waals surface area contributed by atoms with Gasteiger partial charge in [0.25, 0.3) is 0 Å². The van der Waals surface area contributed by atoms with Gasteiger partial charge in [-0.2, -0.15) is 0 Å². The lowest BCUT2D eigenvalue weighted by Crippen LogP contribution is -2.13. The first-order valence-electron chi connectivity index (χ1n) is 4.93. The molecule has 1 aliphatic carbocycles. The third-order valence-corrected chi connectivity index (χ3v) is 2.81. The number of rotatable bonds is 2. The molecule has 0 amide bonds. The van der Waals surface area contributed by atoms with Gasteiger partial charge in [-0.15, -0.1) is 10.2 Å². The van der Waals surface area contributed by atoms with Crippen molar-refractivity contribution in [3.8, 4) is 0 Å². The van der Waals surface area contributed by atoms with Crippen LogP contribution in [0.5, 0.6) is 0 Å². The molecule has 0 atom stereocenters. The largest absolute Gasteiger partial charge is 0.324 e. The molecule has 0 saturated heterocycles. The number of nitrogens with zero attached hydrogens (tertiary/aromatic N) is 3. The zero-order valence-electron chi connectivity index (χ0n) is 8.03. The Hall–Kier alpha value is -0.900. The smallest absolute Gasteiger partial charge is 0.147 e. The summed E-state index contributed by atoms with van der Waals surface area (Å²) in [5.41, 5.74) is 5.61. The number of hydrogen-bond acceptors (Lipinski definition) is 3. The Bertz CT molecular complexity index is 286. The summed E-state index contributed by atoms with van der Waals surface area (Å²) in [5, 5.41) is 8.13. The second kappa shape index (κ2) is 3.46. The van der Waals surface area contributed by atoms with Crippen molar-refractivity contribution in [2.45, 2.75) is 45.2 Å². The summed E-state index contributed by atoms with van der Waals surface area (Å²) in [7, 11) is 0. The molecule has 72 valence electrons. The topological polar surface area (TPSA) is 56.7 Å². The molecular weight excluding hydrogens is 164 g/mol. The summed E-state index contributed by atoms with van der Waals surface area (Å²) in [6.07, 6.45) is 5.16. The molecule has 4 nitrogen and oxygen atoms in total. The van der Waals surface area contributed by atoms with Gasteiger partial charge in [-0.1, -0.05) is 12.8 Å². The summed E-state index contributed by atoms with van der Waals surface area (Å²) >= 11 is 0. The molecule has 2 rings (SSSR count). The zero-order valence-corrected chi connectivity index (χ0v) is 8.03. The van der Waals surface area contributed by atoms with Crippen LogP contribution < -0.4 is 5.73 Å². The quantitative estimate of drug-likeness (QED) is 0.743. The van der Waals surface area contributed by atoms with E-state index in [0.29, 0.717) is 12.6 Å². The SMILES string of the molecule is Cc1nnc(CN)n1C1CCCC1. The van der Waals surface area contributed by atoms with E-state index in [2.05, 4.69) is 14.8 Å². The van der Waals surface area contributed by atoms with Gasteiger partial charge in [0.05, 0.1) is 6.54 Å². The second-order valence-electron chi connectivity index (χ2n) is 3.68. The molecule has 4 heteroatoms. The van der Waals surface area contributed by atoms with Gasteiger partial charge in [0.15, 0.2) is 0 Å². The van der Waals surface area contributed by atoms with E-state index in [0.717, 1.165) is 11.6 Å². The van der Waals surface area contributed by atoms with Crippen molar-refractivity contribution in [3.05, 3.63) is 11.6 Å². The monoisotopic (exact) mass is 180 g/mol. The Morgan fingerprint density at radius 2 is 2.08 bits per heavy atom. The minimum absolute atomic E-state index is 0.497. The van der Waals surface area contributed by atoms with Crippen LogP contribution in [0.25, 0.3) is 0 Å². The lowest BCUT2D eigenvalue weighted by atomic mass is 10.2. The molecule has 13 heavy (non-hydrogen) atoms. The van der Waals surface area contributed by atoms with Gasteiger partial charge in [0, 0.05) is 6.04 Å². The molecule has 0 spiro atoms. The Labute approximate surface area is 78.1 Å². The highest BCUT2D eigenvalue weighted by molar-refractivity contribution is 4.97. The Balaban J connectivity index is 2.30. The maximum atomic E-state index is 5.61. The lowest BCUT2D eigenvalue weighted by molar-refractivity contribution is 0.487. The molecule has 1 fully saturated rings. The van der Waals surface area contributed by atoms with Gasteiger partial charge in [-0.05, 0) is 19.8 Å². The Morgan fingerprint density at radius 1 is 1.38 bits per heavy atom. The van der Waals surface area contributed by atoms with Gasteiger partial charge < -0.3 is 10.3 Å². The van der Waals surface area contributed by atoms with Crippen LogP contribution in [-0.2, 0) is 6.54 Å². The fraction of sp³-hybridized carbons (Fsp3) is 0.778. The molecule has 1 aromatic heterocycles. The Kier molecular flexibility index (Phi) is 2.31. The number of hydrogen-bond donors (Lipinski definition) is 1. The molecule has 1 aliphatic rings. The van der Waals surface area contributed by atoms with Crippen LogP contribution in [0, 0.1) is 6.92 Å². The van der Waals surface area contributed by atoms with E-state index in [4.69, 9.17) is 5.73 Å². The molecule has 0 radical (unpaired) electrons. The van der Waals surface area contributed by atoms with Crippen molar-refractivity contribution >= 4 is 0 Å². The van der Waals surface area contributed by atoms with Crippen molar-refractivity contribution < 1.29 is 0 Å². The van der Waals surface area contributed by atoms with E-state index in [1.54, 1.807) is 0 Å². The fourth-order valence-corrected chi connectivity index (χ4v) is 2.19. The van der Waals surface area contributed by atoms with E-state index in [1.165, 1.54) is 25.7 Å². The average molecular weight is 180 g/mol. The summed E-state index contributed by atoms with van der Waals surface area (Å²) in [5.74, 6) is 1.94. The van der Waals surface area contributed by atoms with E-state index >= 15 is 0 Å². The van der Waals surface area contributed by atoms with Gasteiger partial charge in [-0.3, -0.25) is 0 Å². The van der Waals surface area contributed by atoms with Gasteiger partial charge >= 0.3 is 0 Å². The van der Waals surface area contributed by atoms with Crippen molar-refractivity contribution in [2.24, 2.45) is 5.73 Å². The molecule has 0 bridgehead atoms. The molecular formula is C9H16N4. The van der Waals surface area contributed by atoms with Crippen molar-refractivity contribution in [3.63, 3.8) is 0 Å².